The Morgan fingerprint density at radius 2 is 2.03 bits per heavy atom. The Kier molecular flexibility index (Phi) is 5.81. The van der Waals surface area contributed by atoms with Crippen LogP contribution in [0.3, 0.4) is 0 Å². The van der Waals surface area contributed by atoms with Crippen molar-refractivity contribution in [1.82, 2.24) is 20.0 Å². The number of methoxy groups -OCH3 is 1. The zero-order valence-electron chi connectivity index (χ0n) is 17.6. The van der Waals surface area contributed by atoms with Crippen LogP contribution in [0.2, 0.25) is 0 Å². The average molecular weight is 400 g/mol. The second-order valence-corrected chi connectivity index (χ2v) is 8.20. The van der Waals surface area contributed by atoms with Crippen molar-refractivity contribution in [2.75, 3.05) is 20.2 Å². The SMILES string of the molecule is COc1cc(C(=O)N[C@@H]2CCN(C(=O)OC(C)(C)C)C2)ccc1-c1cnn(C)c1. The highest BCUT2D eigenvalue weighted by atomic mass is 16.6. The minimum absolute atomic E-state index is 0.112. The van der Waals surface area contributed by atoms with Crippen molar-refractivity contribution in [3.8, 4) is 16.9 Å². The molecule has 1 aromatic heterocycles. The third-order valence-corrected chi connectivity index (χ3v) is 4.65. The highest BCUT2D eigenvalue weighted by Crippen LogP contribution is 2.30. The first-order valence-corrected chi connectivity index (χ1v) is 9.62. The first-order valence-electron chi connectivity index (χ1n) is 9.62. The summed E-state index contributed by atoms with van der Waals surface area (Å²) in [6.45, 7) is 6.50. The lowest BCUT2D eigenvalue weighted by atomic mass is 10.0. The van der Waals surface area contributed by atoms with Crippen molar-refractivity contribution >= 4 is 12.0 Å². The van der Waals surface area contributed by atoms with Gasteiger partial charge < -0.3 is 19.7 Å². The highest BCUT2D eigenvalue weighted by Gasteiger charge is 2.30. The molecule has 0 spiro atoms. The standard InChI is InChI=1S/C21H28N4O4/c1-21(2,3)29-20(27)25-9-8-16(13-25)23-19(26)14-6-7-17(18(10-14)28-5)15-11-22-24(4)12-15/h6-7,10-12,16H,8-9,13H2,1-5H3,(H,23,26)/t16-/m1/s1. The summed E-state index contributed by atoms with van der Waals surface area (Å²) < 4.78 is 12.6. The number of nitrogens with one attached hydrogen (secondary N) is 1. The Balaban J connectivity index is 1.65. The van der Waals surface area contributed by atoms with Gasteiger partial charge in [0.1, 0.15) is 11.4 Å². The van der Waals surface area contributed by atoms with Crippen molar-refractivity contribution in [2.24, 2.45) is 7.05 Å². The summed E-state index contributed by atoms with van der Waals surface area (Å²) in [5.41, 5.74) is 1.75. The Hall–Kier alpha value is -3.03. The summed E-state index contributed by atoms with van der Waals surface area (Å²) in [6.07, 6.45) is 3.98. The fraction of sp³-hybridized carbons (Fsp3) is 0.476. The van der Waals surface area contributed by atoms with E-state index in [9.17, 15) is 9.59 Å². The van der Waals surface area contributed by atoms with Crippen molar-refractivity contribution in [3.63, 3.8) is 0 Å². The predicted molar refractivity (Wildman–Crippen MR) is 109 cm³/mol. The van der Waals surface area contributed by atoms with Gasteiger partial charge in [0.15, 0.2) is 0 Å². The number of ether oxygens (including phenoxy) is 2. The monoisotopic (exact) mass is 400 g/mol. The molecule has 29 heavy (non-hydrogen) atoms. The van der Waals surface area contributed by atoms with Gasteiger partial charge in [0, 0.05) is 49.1 Å². The molecule has 1 atom stereocenters. The van der Waals surface area contributed by atoms with E-state index in [1.165, 1.54) is 0 Å². The van der Waals surface area contributed by atoms with Gasteiger partial charge in [-0.1, -0.05) is 0 Å². The highest BCUT2D eigenvalue weighted by molar-refractivity contribution is 5.95. The van der Waals surface area contributed by atoms with Crippen LogP contribution >= 0.6 is 0 Å². The van der Waals surface area contributed by atoms with Crippen LogP contribution in [0.25, 0.3) is 11.1 Å². The maximum Gasteiger partial charge on any atom is 0.410 e. The summed E-state index contributed by atoms with van der Waals surface area (Å²) in [4.78, 5) is 26.5. The summed E-state index contributed by atoms with van der Waals surface area (Å²) in [5, 5.41) is 7.17. The molecule has 0 radical (unpaired) electrons. The molecule has 156 valence electrons. The summed E-state index contributed by atoms with van der Waals surface area (Å²) in [5.74, 6) is 0.407. The maximum atomic E-state index is 12.7. The fourth-order valence-electron chi connectivity index (χ4n) is 3.27. The lowest BCUT2D eigenvalue weighted by molar-refractivity contribution is 0.0290. The van der Waals surface area contributed by atoms with Gasteiger partial charge in [-0.05, 0) is 45.4 Å². The Bertz CT molecular complexity index is 900. The Morgan fingerprint density at radius 1 is 1.28 bits per heavy atom. The molecule has 2 amide bonds. The van der Waals surface area contributed by atoms with Crippen molar-refractivity contribution in [3.05, 3.63) is 36.2 Å². The first-order chi connectivity index (χ1) is 13.7. The molecule has 2 heterocycles. The number of aromatic nitrogens is 2. The second kappa shape index (κ2) is 8.14. The summed E-state index contributed by atoms with van der Waals surface area (Å²) in [6, 6.07) is 5.23. The van der Waals surface area contributed by atoms with E-state index in [1.54, 1.807) is 35.0 Å². The number of benzene rings is 1. The average Bonchev–Trinajstić information content (AvgIpc) is 3.29. The summed E-state index contributed by atoms with van der Waals surface area (Å²) in [7, 11) is 3.42. The van der Waals surface area contributed by atoms with Gasteiger partial charge >= 0.3 is 6.09 Å². The molecule has 8 nitrogen and oxygen atoms in total. The Labute approximate surface area is 170 Å². The van der Waals surface area contributed by atoms with Crippen LogP contribution in [0, 0.1) is 0 Å². The number of likely N-dealkylation sites (tertiary alicyclic amines) is 1. The topological polar surface area (TPSA) is 85.7 Å². The van der Waals surface area contributed by atoms with Gasteiger partial charge in [-0.25, -0.2) is 4.79 Å². The Morgan fingerprint density at radius 3 is 2.66 bits per heavy atom. The van der Waals surface area contributed by atoms with Crippen LogP contribution in [0.15, 0.2) is 30.6 Å². The van der Waals surface area contributed by atoms with Crippen molar-refractivity contribution in [1.29, 1.82) is 0 Å². The van der Waals surface area contributed by atoms with Crippen LogP contribution < -0.4 is 10.1 Å². The van der Waals surface area contributed by atoms with E-state index in [4.69, 9.17) is 9.47 Å². The quantitative estimate of drug-likeness (QED) is 0.853. The number of carbonyl (C=O) groups excluding carboxylic acids is 2. The van der Waals surface area contributed by atoms with E-state index in [0.717, 1.165) is 11.1 Å². The van der Waals surface area contributed by atoms with Crippen LogP contribution in [0.5, 0.6) is 5.75 Å². The smallest absolute Gasteiger partial charge is 0.410 e. The van der Waals surface area contributed by atoms with Gasteiger partial charge in [-0.15, -0.1) is 0 Å². The second-order valence-electron chi connectivity index (χ2n) is 8.20. The zero-order valence-corrected chi connectivity index (χ0v) is 17.6. The van der Waals surface area contributed by atoms with Crippen molar-refractivity contribution < 1.29 is 19.1 Å². The third kappa shape index (κ3) is 5.07. The zero-order chi connectivity index (χ0) is 21.2. The molecule has 1 aliphatic heterocycles. The molecule has 1 aliphatic rings. The van der Waals surface area contributed by atoms with Crippen LogP contribution in [-0.2, 0) is 11.8 Å². The minimum atomic E-state index is -0.537. The summed E-state index contributed by atoms with van der Waals surface area (Å²) >= 11 is 0. The number of amides is 2. The number of rotatable bonds is 4. The fourth-order valence-corrected chi connectivity index (χ4v) is 3.27. The molecule has 3 rings (SSSR count). The lowest BCUT2D eigenvalue weighted by Crippen LogP contribution is -2.40. The molecule has 0 bridgehead atoms. The van der Waals surface area contributed by atoms with Crippen LogP contribution in [-0.4, -0.2) is 58.5 Å². The van der Waals surface area contributed by atoms with E-state index in [1.807, 2.05) is 40.1 Å². The number of aryl methyl sites for hydroxylation is 1. The van der Waals surface area contributed by atoms with Crippen LogP contribution in [0.1, 0.15) is 37.6 Å². The largest absolute Gasteiger partial charge is 0.496 e. The number of nitrogens with zero attached hydrogens (tertiary/aromatic N) is 3. The lowest BCUT2D eigenvalue weighted by Gasteiger charge is -2.24. The minimum Gasteiger partial charge on any atom is -0.496 e. The molecule has 2 aromatic rings. The number of hydrogen-bond donors (Lipinski definition) is 1. The number of carbonyl (C=O) groups is 2. The molecule has 1 saturated heterocycles. The van der Waals surface area contributed by atoms with Crippen LogP contribution in [0.4, 0.5) is 4.79 Å². The van der Waals surface area contributed by atoms with Gasteiger partial charge in [0.2, 0.25) is 0 Å². The number of hydrogen-bond acceptors (Lipinski definition) is 5. The molecule has 8 heteroatoms. The first kappa shape index (κ1) is 20.7. The molecular formula is C21H28N4O4. The van der Waals surface area contributed by atoms with Gasteiger partial charge in [-0.2, -0.15) is 5.10 Å². The molecular weight excluding hydrogens is 372 g/mol. The maximum absolute atomic E-state index is 12.7. The van der Waals surface area contributed by atoms with E-state index in [-0.39, 0.29) is 18.0 Å². The van der Waals surface area contributed by atoms with Gasteiger partial charge in [-0.3, -0.25) is 9.48 Å². The molecule has 1 N–H and O–H groups in total. The van der Waals surface area contributed by atoms with Crippen molar-refractivity contribution in [2.45, 2.75) is 38.8 Å². The van der Waals surface area contributed by atoms with E-state index in [0.29, 0.717) is 30.8 Å². The van der Waals surface area contributed by atoms with E-state index in [2.05, 4.69) is 10.4 Å². The molecule has 0 aliphatic carbocycles. The molecule has 0 unspecified atom stereocenters. The molecule has 1 fully saturated rings. The van der Waals surface area contributed by atoms with E-state index >= 15 is 0 Å². The molecule has 0 saturated carbocycles. The van der Waals surface area contributed by atoms with E-state index < -0.39 is 5.60 Å². The van der Waals surface area contributed by atoms with Gasteiger partial charge in [0.25, 0.3) is 5.91 Å². The van der Waals surface area contributed by atoms with Gasteiger partial charge in [0.05, 0.1) is 13.3 Å². The molecule has 1 aromatic carbocycles. The normalized spacial score (nSPS) is 16.6. The predicted octanol–water partition coefficient (Wildman–Crippen LogP) is 2.83. The third-order valence-electron chi connectivity index (χ3n) is 4.65.